The average molecular weight is 581 g/mol. The van der Waals surface area contributed by atoms with Crippen LogP contribution in [0.1, 0.15) is 11.1 Å². The largest absolute Gasteiger partial charge is 0.505 e. The lowest BCUT2D eigenvalue weighted by Gasteiger charge is -2.24. The lowest BCUT2D eigenvalue weighted by Crippen LogP contribution is -2.30. The first-order valence-corrected chi connectivity index (χ1v) is 13.5. The van der Waals surface area contributed by atoms with Gasteiger partial charge in [-0.15, -0.1) is 0 Å². The maximum absolute atomic E-state index is 13.8. The first-order valence-electron chi connectivity index (χ1n) is 10.9. The summed E-state index contributed by atoms with van der Waals surface area (Å²) in [5.41, 5.74) is 2.59. The zero-order chi connectivity index (χ0) is 26.7. The van der Waals surface area contributed by atoms with Crippen molar-refractivity contribution in [2.24, 2.45) is 0 Å². The molecule has 4 rings (SSSR count). The van der Waals surface area contributed by atoms with Gasteiger partial charge in [0, 0.05) is 23.7 Å². The number of methoxy groups -OCH3 is 1. The van der Waals surface area contributed by atoms with Gasteiger partial charge in [0.25, 0.3) is 0 Å². The van der Waals surface area contributed by atoms with Crippen LogP contribution in [0.25, 0.3) is 11.1 Å². The summed E-state index contributed by atoms with van der Waals surface area (Å²) in [5, 5.41) is 10.6. The molecule has 4 aromatic carbocycles. The zero-order valence-corrected chi connectivity index (χ0v) is 22.5. The smallest absolute Gasteiger partial charge is 0.247 e. The monoisotopic (exact) mass is 579 g/mol. The molecule has 192 valence electrons. The summed E-state index contributed by atoms with van der Waals surface area (Å²) < 4.78 is 47.8. The molecule has 1 N–H and O–H groups in total. The Morgan fingerprint density at radius 2 is 1.51 bits per heavy atom. The van der Waals surface area contributed by atoms with E-state index in [-0.39, 0.29) is 23.1 Å². The van der Waals surface area contributed by atoms with E-state index in [1.54, 1.807) is 12.1 Å². The van der Waals surface area contributed by atoms with Crippen LogP contribution in [0.15, 0.2) is 83.8 Å². The first-order chi connectivity index (χ1) is 17.6. The molecule has 0 aliphatic heterocycles. The second-order valence-corrected chi connectivity index (χ2v) is 11.3. The highest BCUT2D eigenvalue weighted by atomic mass is 35.5. The molecule has 0 heterocycles. The highest BCUT2D eigenvalue weighted by Crippen LogP contribution is 2.39. The Kier molecular flexibility index (Phi) is 8.31. The lowest BCUT2D eigenvalue weighted by atomic mass is 10.0. The molecule has 0 aliphatic rings. The van der Waals surface area contributed by atoms with Gasteiger partial charge in [0.2, 0.25) is 10.0 Å². The summed E-state index contributed by atoms with van der Waals surface area (Å²) in [6.45, 7) is -0.261. The van der Waals surface area contributed by atoms with Crippen LogP contribution in [0.3, 0.4) is 0 Å². The zero-order valence-electron chi connectivity index (χ0n) is 19.5. The van der Waals surface area contributed by atoms with E-state index in [1.807, 2.05) is 30.3 Å². The molecule has 0 atom stereocenters. The normalized spacial score (nSPS) is 11.6. The summed E-state index contributed by atoms with van der Waals surface area (Å²) in [5.74, 6) is -0.622. The van der Waals surface area contributed by atoms with Crippen molar-refractivity contribution < 1.29 is 22.7 Å². The fraction of sp³-hybridized carbons (Fsp3) is 0.111. The first kappa shape index (κ1) is 27.2. The van der Waals surface area contributed by atoms with E-state index in [4.69, 9.17) is 39.5 Å². The van der Waals surface area contributed by atoms with Gasteiger partial charge < -0.3 is 9.84 Å². The van der Waals surface area contributed by atoms with Crippen molar-refractivity contribution in [2.75, 3.05) is 7.11 Å². The molecule has 37 heavy (non-hydrogen) atoms. The van der Waals surface area contributed by atoms with Crippen LogP contribution >= 0.6 is 34.8 Å². The number of hydrogen-bond acceptors (Lipinski definition) is 4. The maximum Gasteiger partial charge on any atom is 0.247 e. The molecule has 0 spiro atoms. The molecule has 0 radical (unpaired) electrons. The summed E-state index contributed by atoms with van der Waals surface area (Å²) in [7, 11) is -2.84. The topological polar surface area (TPSA) is 66.8 Å². The molecule has 0 amide bonds. The lowest BCUT2D eigenvalue weighted by molar-refractivity contribution is 0.393. The van der Waals surface area contributed by atoms with Crippen LogP contribution in [0, 0.1) is 5.82 Å². The van der Waals surface area contributed by atoms with E-state index in [9.17, 15) is 17.9 Å². The summed E-state index contributed by atoms with van der Waals surface area (Å²) in [4.78, 5) is -0.449. The number of ether oxygens (including phenoxy) is 1. The summed E-state index contributed by atoms with van der Waals surface area (Å²) in [6, 6.07) is 20.6. The van der Waals surface area contributed by atoms with Crippen molar-refractivity contribution in [3.8, 4) is 22.6 Å². The Bertz CT molecular complexity index is 1530. The van der Waals surface area contributed by atoms with Gasteiger partial charge in [-0.25, -0.2) is 12.8 Å². The number of halogens is 4. The molecule has 0 bridgehead atoms. The number of phenols is 1. The molecule has 0 unspecified atom stereocenters. The molecule has 0 aromatic heterocycles. The highest BCUT2D eigenvalue weighted by Gasteiger charge is 2.30. The van der Waals surface area contributed by atoms with E-state index in [2.05, 4.69) is 0 Å². The van der Waals surface area contributed by atoms with E-state index < -0.39 is 26.5 Å². The third-order valence-electron chi connectivity index (χ3n) is 5.63. The predicted octanol–water partition coefficient (Wildman–Crippen LogP) is 7.56. The van der Waals surface area contributed by atoms with Crippen LogP contribution in [-0.4, -0.2) is 24.9 Å². The van der Waals surface area contributed by atoms with E-state index in [0.29, 0.717) is 27.5 Å². The van der Waals surface area contributed by atoms with Crippen molar-refractivity contribution in [3.63, 3.8) is 0 Å². The van der Waals surface area contributed by atoms with Crippen LogP contribution in [0.4, 0.5) is 4.39 Å². The molecule has 0 fully saturated rings. The van der Waals surface area contributed by atoms with Crippen molar-refractivity contribution in [3.05, 3.63) is 111 Å². The number of aromatic hydroxyl groups is 1. The summed E-state index contributed by atoms with van der Waals surface area (Å²) in [6.07, 6.45) is 0. The second-order valence-electron chi connectivity index (χ2n) is 8.16. The molecule has 10 heteroatoms. The van der Waals surface area contributed by atoms with Crippen molar-refractivity contribution in [1.82, 2.24) is 4.31 Å². The number of phenolic OH excluding ortho intramolecular Hbond substituents is 1. The van der Waals surface area contributed by atoms with Gasteiger partial charge in [0.1, 0.15) is 16.5 Å². The molecular weight excluding hydrogens is 560 g/mol. The van der Waals surface area contributed by atoms with Crippen molar-refractivity contribution in [2.45, 2.75) is 18.0 Å². The Morgan fingerprint density at radius 1 is 0.865 bits per heavy atom. The quantitative estimate of drug-likeness (QED) is 0.234. The highest BCUT2D eigenvalue weighted by molar-refractivity contribution is 7.89. The number of sulfonamides is 1. The second kappa shape index (κ2) is 11.3. The van der Waals surface area contributed by atoms with E-state index >= 15 is 0 Å². The SMILES string of the molecule is COc1c(Cl)cc(CN(Cc2ccc(F)cc2)S(=O)(=O)c2cc(Cl)cc(Cl)c2O)cc1-c1ccccc1. The van der Waals surface area contributed by atoms with Gasteiger partial charge in [0.05, 0.1) is 17.2 Å². The van der Waals surface area contributed by atoms with Gasteiger partial charge in [-0.3, -0.25) is 0 Å². The molecule has 5 nitrogen and oxygen atoms in total. The minimum absolute atomic E-state index is 0.0435. The van der Waals surface area contributed by atoms with Crippen LogP contribution in [-0.2, 0) is 23.1 Å². The summed E-state index contributed by atoms with van der Waals surface area (Å²) >= 11 is 18.6. The van der Waals surface area contributed by atoms with Gasteiger partial charge in [0.15, 0.2) is 5.75 Å². The van der Waals surface area contributed by atoms with E-state index in [1.165, 1.54) is 37.4 Å². The van der Waals surface area contributed by atoms with Gasteiger partial charge in [-0.2, -0.15) is 4.31 Å². The molecule has 0 aliphatic carbocycles. The molecule has 0 saturated carbocycles. The number of rotatable bonds is 8. The minimum Gasteiger partial charge on any atom is -0.505 e. The third-order valence-corrected chi connectivity index (χ3v) is 8.23. The molecular formula is C27H21Cl3FNO4S. The average Bonchev–Trinajstić information content (AvgIpc) is 2.87. The van der Waals surface area contributed by atoms with Crippen molar-refractivity contribution >= 4 is 44.8 Å². The van der Waals surface area contributed by atoms with Crippen LogP contribution < -0.4 is 4.74 Å². The molecule has 4 aromatic rings. The third kappa shape index (κ3) is 6.03. The van der Waals surface area contributed by atoms with Crippen LogP contribution in [0.2, 0.25) is 15.1 Å². The Hall–Kier alpha value is -2.81. The predicted molar refractivity (Wildman–Crippen MR) is 144 cm³/mol. The fourth-order valence-electron chi connectivity index (χ4n) is 3.88. The van der Waals surface area contributed by atoms with Crippen LogP contribution in [0.5, 0.6) is 11.5 Å². The van der Waals surface area contributed by atoms with E-state index in [0.717, 1.165) is 15.9 Å². The Morgan fingerprint density at radius 3 is 2.16 bits per heavy atom. The van der Waals surface area contributed by atoms with Crippen molar-refractivity contribution in [1.29, 1.82) is 0 Å². The maximum atomic E-state index is 13.8. The number of benzene rings is 4. The van der Waals surface area contributed by atoms with Gasteiger partial charge in [-0.05, 0) is 53.1 Å². The number of hydrogen-bond donors (Lipinski definition) is 1. The molecule has 0 saturated heterocycles. The van der Waals surface area contributed by atoms with Gasteiger partial charge >= 0.3 is 0 Å². The fourth-order valence-corrected chi connectivity index (χ4v) is 6.36. The Labute approximate surface area is 229 Å². The standard InChI is InChI=1S/C27H21Cl3FNO4S/c1-36-27-22(19-5-3-2-4-6-19)11-18(12-24(27)30)16-32(15-17-7-9-21(31)10-8-17)37(34,35)25-14-20(28)13-23(29)26(25)33/h2-14,33H,15-16H2,1H3. The minimum atomic E-state index is -4.34. The van der Waals surface area contributed by atoms with Gasteiger partial charge in [-0.1, -0.05) is 77.3 Å². The Balaban J connectivity index is 1.83. The number of nitrogens with zero attached hydrogens (tertiary/aromatic N) is 1.